The lowest BCUT2D eigenvalue weighted by atomic mass is 10.1. The van der Waals surface area contributed by atoms with Crippen molar-refractivity contribution in [2.75, 3.05) is 0 Å². The molecule has 0 bridgehead atoms. The second-order valence-electron chi connectivity index (χ2n) is 5.77. The van der Waals surface area contributed by atoms with Crippen LogP contribution in [0.4, 0.5) is 13.2 Å². The van der Waals surface area contributed by atoms with Gasteiger partial charge in [-0.2, -0.15) is 0 Å². The van der Waals surface area contributed by atoms with Gasteiger partial charge >= 0.3 is 6.36 Å². The summed E-state index contributed by atoms with van der Waals surface area (Å²) < 4.78 is 46.8. The SMILES string of the molecule is Cc1cccc(-c2nc(CNCc3ccccc3OC(F)(F)F)co2)c1. The second-order valence-corrected chi connectivity index (χ2v) is 5.77. The molecule has 0 aliphatic heterocycles. The molecule has 0 unspecified atom stereocenters. The van der Waals surface area contributed by atoms with E-state index in [4.69, 9.17) is 4.42 Å². The van der Waals surface area contributed by atoms with Gasteiger partial charge in [-0.1, -0.05) is 35.9 Å². The highest BCUT2D eigenvalue weighted by atomic mass is 19.4. The molecule has 0 radical (unpaired) electrons. The maximum absolute atomic E-state index is 12.4. The largest absolute Gasteiger partial charge is 0.573 e. The Labute approximate surface area is 148 Å². The Morgan fingerprint density at radius 2 is 1.88 bits per heavy atom. The third-order valence-corrected chi connectivity index (χ3v) is 3.64. The van der Waals surface area contributed by atoms with Crippen LogP contribution >= 0.6 is 0 Å². The quantitative estimate of drug-likeness (QED) is 0.682. The van der Waals surface area contributed by atoms with Crippen molar-refractivity contribution < 1.29 is 22.3 Å². The van der Waals surface area contributed by atoms with Gasteiger partial charge in [-0.15, -0.1) is 13.2 Å². The molecular weight excluding hydrogens is 345 g/mol. The van der Waals surface area contributed by atoms with Gasteiger partial charge in [0, 0.05) is 24.2 Å². The number of alkyl halides is 3. The van der Waals surface area contributed by atoms with Crippen molar-refractivity contribution in [2.45, 2.75) is 26.4 Å². The maximum atomic E-state index is 12.4. The fraction of sp³-hybridized carbons (Fsp3) is 0.211. The van der Waals surface area contributed by atoms with Crippen LogP contribution in [0, 0.1) is 6.92 Å². The number of aromatic nitrogens is 1. The van der Waals surface area contributed by atoms with Gasteiger partial charge in [0.1, 0.15) is 12.0 Å². The van der Waals surface area contributed by atoms with Crippen molar-refractivity contribution in [3.8, 4) is 17.2 Å². The molecule has 136 valence electrons. The van der Waals surface area contributed by atoms with E-state index >= 15 is 0 Å². The maximum Gasteiger partial charge on any atom is 0.573 e. The molecule has 3 aromatic rings. The summed E-state index contributed by atoms with van der Waals surface area (Å²) >= 11 is 0. The van der Waals surface area contributed by atoms with Gasteiger partial charge in [0.25, 0.3) is 0 Å². The Bertz CT molecular complexity index is 875. The van der Waals surface area contributed by atoms with Gasteiger partial charge in [-0.25, -0.2) is 4.98 Å². The molecule has 0 aliphatic rings. The number of benzene rings is 2. The van der Waals surface area contributed by atoms with Gasteiger partial charge in [-0.3, -0.25) is 0 Å². The standard InChI is InChI=1S/C19H17F3N2O2/c1-13-5-4-7-14(9-13)18-24-16(12-25-18)11-23-10-15-6-2-3-8-17(15)26-19(20,21)22/h2-9,12,23H,10-11H2,1H3. The molecule has 2 aromatic carbocycles. The Balaban J connectivity index is 1.61. The van der Waals surface area contributed by atoms with E-state index in [-0.39, 0.29) is 12.3 Å². The average molecular weight is 362 g/mol. The molecule has 0 saturated heterocycles. The van der Waals surface area contributed by atoms with E-state index in [1.165, 1.54) is 18.4 Å². The number of halogens is 3. The third-order valence-electron chi connectivity index (χ3n) is 3.64. The summed E-state index contributed by atoms with van der Waals surface area (Å²) in [5, 5.41) is 3.05. The van der Waals surface area contributed by atoms with Crippen LogP contribution in [-0.4, -0.2) is 11.3 Å². The molecule has 0 spiro atoms. The zero-order valence-corrected chi connectivity index (χ0v) is 14.0. The normalized spacial score (nSPS) is 11.5. The zero-order chi connectivity index (χ0) is 18.6. The molecule has 3 rings (SSSR count). The van der Waals surface area contributed by atoms with Gasteiger partial charge in [-0.05, 0) is 25.1 Å². The van der Waals surface area contributed by atoms with Crippen LogP contribution in [0.25, 0.3) is 11.5 Å². The fourth-order valence-corrected chi connectivity index (χ4v) is 2.50. The monoisotopic (exact) mass is 362 g/mol. The molecule has 1 N–H and O–H groups in total. The summed E-state index contributed by atoms with van der Waals surface area (Å²) in [6.07, 6.45) is -3.19. The van der Waals surface area contributed by atoms with E-state index < -0.39 is 6.36 Å². The highest BCUT2D eigenvalue weighted by Crippen LogP contribution is 2.26. The van der Waals surface area contributed by atoms with Gasteiger partial charge in [0.05, 0.1) is 5.69 Å². The summed E-state index contributed by atoms with van der Waals surface area (Å²) in [7, 11) is 0. The third kappa shape index (κ3) is 4.86. The first-order valence-corrected chi connectivity index (χ1v) is 7.96. The first-order valence-electron chi connectivity index (χ1n) is 7.96. The molecular formula is C19H17F3N2O2. The van der Waals surface area contributed by atoms with Crippen molar-refractivity contribution in [3.63, 3.8) is 0 Å². The molecule has 0 aliphatic carbocycles. The van der Waals surface area contributed by atoms with Crippen LogP contribution in [-0.2, 0) is 13.1 Å². The summed E-state index contributed by atoms with van der Waals surface area (Å²) in [6, 6.07) is 13.8. The first-order chi connectivity index (χ1) is 12.4. The minimum absolute atomic E-state index is 0.207. The zero-order valence-electron chi connectivity index (χ0n) is 14.0. The number of hydrogen-bond donors (Lipinski definition) is 1. The Kier molecular flexibility index (Phi) is 5.27. The first kappa shape index (κ1) is 18.0. The Morgan fingerprint density at radius 3 is 2.65 bits per heavy atom. The predicted octanol–water partition coefficient (Wildman–Crippen LogP) is 4.84. The molecule has 0 amide bonds. The topological polar surface area (TPSA) is 47.3 Å². The number of aryl methyl sites for hydroxylation is 1. The molecule has 0 fully saturated rings. The van der Waals surface area contributed by atoms with Crippen molar-refractivity contribution in [1.82, 2.24) is 10.3 Å². The van der Waals surface area contributed by atoms with Crippen molar-refractivity contribution >= 4 is 0 Å². The summed E-state index contributed by atoms with van der Waals surface area (Å²) in [4.78, 5) is 4.39. The lowest BCUT2D eigenvalue weighted by Crippen LogP contribution is -2.20. The molecule has 7 heteroatoms. The average Bonchev–Trinajstić information content (AvgIpc) is 3.04. The van der Waals surface area contributed by atoms with E-state index in [1.807, 2.05) is 31.2 Å². The summed E-state index contributed by atoms with van der Waals surface area (Å²) in [5.41, 5.74) is 3.05. The van der Waals surface area contributed by atoms with Crippen LogP contribution in [0.1, 0.15) is 16.8 Å². The Morgan fingerprint density at radius 1 is 1.08 bits per heavy atom. The minimum atomic E-state index is -4.72. The summed E-state index contributed by atoms with van der Waals surface area (Å²) in [6.45, 7) is 2.55. The number of oxazole rings is 1. The molecule has 1 aromatic heterocycles. The van der Waals surface area contributed by atoms with Crippen LogP contribution in [0.5, 0.6) is 5.75 Å². The number of nitrogens with one attached hydrogen (secondary N) is 1. The molecule has 1 heterocycles. The molecule has 0 atom stereocenters. The van der Waals surface area contributed by atoms with E-state index in [9.17, 15) is 13.2 Å². The number of ether oxygens (including phenoxy) is 1. The fourth-order valence-electron chi connectivity index (χ4n) is 2.50. The molecule has 4 nitrogen and oxygen atoms in total. The molecule has 26 heavy (non-hydrogen) atoms. The number of hydrogen-bond acceptors (Lipinski definition) is 4. The minimum Gasteiger partial charge on any atom is -0.444 e. The predicted molar refractivity (Wildman–Crippen MR) is 90.3 cm³/mol. The molecule has 0 saturated carbocycles. The van der Waals surface area contributed by atoms with Gasteiger partial charge in [0.15, 0.2) is 0 Å². The lowest BCUT2D eigenvalue weighted by molar-refractivity contribution is -0.274. The second kappa shape index (κ2) is 7.61. The van der Waals surface area contributed by atoms with Crippen LogP contribution in [0.2, 0.25) is 0 Å². The summed E-state index contributed by atoms with van der Waals surface area (Å²) in [5.74, 6) is 0.291. The van der Waals surface area contributed by atoms with Crippen molar-refractivity contribution in [3.05, 3.63) is 71.6 Å². The number of nitrogens with zero attached hydrogens (tertiary/aromatic N) is 1. The van der Waals surface area contributed by atoms with E-state index in [1.54, 1.807) is 12.1 Å². The number of rotatable bonds is 6. The van der Waals surface area contributed by atoms with E-state index in [0.29, 0.717) is 23.7 Å². The van der Waals surface area contributed by atoms with Crippen LogP contribution < -0.4 is 10.1 Å². The highest BCUT2D eigenvalue weighted by Gasteiger charge is 2.31. The smallest absolute Gasteiger partial charge is 0.444 e. The van der Waals surface area contributed by atoms with Crippen molar-refractivity contribution in [1.29, 1.82) is 0 Å². The van der Waals surface area contributed by atoms with Gasteiger partial charge in [0.2, 0.25) is 5.89 Å². The van der Waals surface area contributed by atoms with E-state index in [2.05, 4.69) is 15.0 Å². The van der Waals surface area contributed by atoms with Crippen LogP contribution in [0.3, 0.4) is 0 Å². The Hall–Kier alpha value is -2.80. The number of para-hydroxylation sites is 1. The van der Waals surface area contributed by atoms with Crippen molar-refractivity contribution in [2.24, 2.45) is 0 Å². The lowest BCUT2D eigenvalue weighted by Gasteiger charge is -2.13. The van der Waals surface area contributed by atoms with Crippen LogP contribution in [0.15, 0.2) is 59.2 Å². The highest BCUT2D eigenvalue weighted by molar-refractivity contribution is 5.54. The van der Waals surface area contributed by atoms with E-state index in [0.717, 1.165) is 11.1 Å². The van der Waals surface area contributed by atoms with Gasteiger partial charge < -0.3 is 14.5 Å².